The molecule has 0 unspecified atom stereocenters. The highest BCUT2D eigenvalue weighted by molar-refractivity contribution is 8.00. The van der Waals surface area contributed by atoms with E-state index in [0.29, 0.717) is 5.75 Å². The minimum atomic E-state index is -0.760. The van der Waals surface area contributed by atoms with Gasteiger partial charge in [-0.3, -0.25) is 4.79 Å². The van der Waals surface area contributed by atoms with Crippen molar-refractivity contribution in [3.63, 3.8) is 0 Å². The SMILES string of the molecule is CCCCCCCCCC#CCSCC(=O)O. The van der Waals surface area contributed by atoms with E-state index in [1.54, 1.807) is 0 Å². The van der Waals surface area contributed by atoms with Crippen molar-refractivity contribution in [2.45, 2.75) is 58.3 Å². The van der Waals surface area contributed by atoms with Crippen LogP contribution in [0.1, 0.15) is 58.3 Å². The van der Waals surface area contributed by atoms with Gasteiger partial charge in [-0.25, -0.2) is 0 Å². The number of thioether (sulfide) groups is 1. The van der Waals surface area contributed by atoms with Gasteiger partial charge in [0.05, 0.1) is 11.5 Å². The van der Waals surface area contributed by atoms with Gasteiger partial charge < -0.3 is 5.11 Å². The Balaban J connectivity index is 3.11. The third-order valence-corrected chi connectivity index (χ3v) is 3.23. The number of hydrogen-bond donors (Lipinski definition) is 1. The molecule has 0 aliphatic rings. The van der Waals surface area contributed by atoms with Crippen LogP contribution in [0, 0.1) is 11.8 Å². The molecule has 0 aliphatic heterocycles. The summed E-state index contributed by atoms with van der Waals surface area (Å²) in [7, 11) is 0. The lowest BCUT2D eigenvalue weighted by Gasteiger charge is -1.97. The fraction of sp³-hybridized carbons (Fsp3) is 0.786. The normalized spacial score (nSPS) is 9.71. The summed E-state index contributed by atoms with van der Waals surface area (Å²) in [6.07, 6.45) is 10.1. The van der Waals surface area contributed by atoms with E-state index in [1.165, 1.54) is 56.7 Å². The summed E-state index contributed by atoms with van der Waals surface area (Å²) >= 11 is 1.37. The number of carboxylic acids is 1. The van der Waals surface area contributed by atoms with Crippen LogP contribution in [-0.4, -0.2) is 22.6 Å². The zero-order valence-corrected chi connectivity index (χ0v) is 11.7. The van der Waals surface area contributed by atoms with Crippen LogP contribution in [0.25, 0.3) is 0 Å². The van der Waals surface area contributed by atoms with E-state index in [0.717, 1.165) is 6.42 Å². The zero-order valence-electron chi connectivity index (χ0n) is 10.8. The van der Waals surface area contributed by atoms with E-state index in [9.17, 15) is 4.79 Å². The van der Waals surface area contributed by atoms with Gasteiger partial charge in [0, 0.05) is 6.42 Å². The second kappa shape index (κ2) is 13.4. The van der Waals surface area contributed by atoms with Gasteiger partial charge in [0.1, 0.15) is 0 Å². The highest BCUT2D eigenvalue weighted by Gasteiger charge is 1.93. The number of unbranched alkanes of at least 4 members (excludes halogenated alkanes) is 7. The molecule has 0 bridgehead atoms. The van der Waals surface area contributed by atoms with Gasteiger partial charge in [-0.1, -0.05) is 51.4 Å². The van der Waals surface area contributed by atoms with Gasteiger partial charge in [0.15, 0.2) is 0 Å². The molecule has 0 atom stereocenters. The Bertz CT molecular complexity index is 240. The molecule has 3 heteroatoms. The van der Waals surface area contributed by atoms with Crippen LogP contribution < -0.4 is 0 Å². The fourth-order valence-corrected chi connectivity index (χ4v) is 1.98. The van der Waals surface area contributed by atoms with Gasteiger partial charge in [0.25, 0.3) is 0 Å². The molecule has 0 amide bonds. The predicted molar refractivity (Wildman–Crippen MR) is 75.3 cm³/mol. The van der Waals surface area contributed by atoms with Crippen LogP contribution in [-0.2, 0) is 4.79 Å². The van der Waals surface area contributed by atoms with Crippen molar-refractivity contribution >= 4 is 17.7 Å². The van der Waals surface area contributed by atoms with Gasteiger partial charge >= 0.3 is 5.97 Å². The molecule has 0 aromatic rings. The minimum Gasteiger partial charge on any atom is -0.481 e. The lowest BCUT2D eigenvalue weighted by molar-refractivity contribution is -0.133. The molecule has 0 radical (unpaired) electrons. The van der Waals surface area contributed by atoms with Crippen LogP contribution in [0.2, 0.25) is 0 Å². The first kappa shape index (κ1) is 16.4. The number of carboxylic acid groups (broad SMARTS) is 1. The zero-order chi connectivity index (χ0) is 12.8. The smallest absolute Gasteiger partial charge is 0.313 e. The fourth-order valence-electron chi connectivity index (χ4n) is 1.50. The molecule has 0 aliphatic carbocycles. The molecule has 0 aromatic carbocycles. The molecule has 1 N–H and O–H groups in total. The van der Waals surface area contributed by atoms with E-state index in [2.05, 4.69) is 18.8 Å². The van der Waals surface area contributed by atoms with Crippen molar-refractivity contribution < 1.29 is 9.90 Å². The van der Waals surface area contributed by atoms with Crippen LogP contribution in [0.3, 0.4) is 0 Å². The first-order valence-corrected chi connectivity index (χ1v) is 7.68. The molecule has 0 spiro atoms. The summed E-state index contributed by atoms with van der Waals surface area (Å²) in [6, 6.07) is 0. The number of rotatable bonds is 10. The van der Waals surface area contributed by atoms with E-state index in [1.807, 2.05) is 0 Å². The van der Waals surface area contributed by atoms with Crippen LogP contribution in [0.5, 0.6) is 0 Å². The molecule has 98 valence electrons. The lowest BCUT2D eigenvalue weighted by atomic mass is 10.1. The maximum atomic E-state index is 10.2. The van der Waals surface area contributed by atoms with Crippen LogP contribution in [0.15, 0.2) is 0 Å². The molecule has 0 fully saturated rings. The average molecular weight is 256 g/mol. The highest BCUT2D eigenvalue weighted by Crippen LogP contribution is 2.07. The van der Waals surface area contributed by atoms with E-state index < -0.39 is 5.97 Å². The quantitative estimate of drug-likeness (QED) is 0.475. The molecule has 17 heavy (non-hydrogen) atoms. The van der Waals surface area contributed by atoms with Crippen molar-refractivity contribution in [1.82, 2.24) is 0 Å². The van der Waals surface area contributed by atoms with Gasteiger partial charge in [0.2, 0.25) is 0 Å². The van der Waals surface area contributed by atoms with E-state index >= 15 is 0 Å². The molecule has 0 saturated carbocycles. The predicted octanol–water partition coefficient (Wildman–Crippen LogP) is 3.95. The third-order valence-electron chi connectivity index (χ3n) is 2.43. The summed E-state index contributed by atoms with van der Waals surface area (Å²) < 4.78 is 0. The topological polar surface area (TPSA) is 37.3 Å². The molecule has 0 heterocycles. The Labute approximate surface area is 110 Å². The number of hydrogen-bond acceptors (Lipinski definition) is 2. The van der Waals surface area contributed by atoms with Gasteiger partial charge in [-0.15, -0.1) is 17.7 Å². The Morgan fingerprint density at radius 3 is 2.35 bits per heavy atom. The summed E-state index contributed by atoms with van der Waals surface area (Å²) in [5.74, 6) is 6.14. The molecular weight excluding hydrogens is 232 g/mol. The van der Waals surface area contributed by atoms with Crippen molar-refractivity contribution in [3.8, 4) is 11.8 Å². The van der Waals surface area contributed by atoms with Crippen LogP contribution in [0.4, 0.5) is 0 Å². The maximum Gasteiger partial charge on any atom is 0.313 e. The van der Waals surface area contributed by atoms with Gasteiger partial charge in [-0.2, -0.15) is 0 Å². The van der Waals surface area contributed by atoms with Crippen molar-refractivity contribution in [2.24, 2.45) is 0 Å². The molecule has 2 nitrogen and oxygen atoms in total. The maximum absolute atomic E-state index is 10.2. The number of carbonyl (C=O) groups is 1. The molecule has 0 rings (SSSR count). The first-order chi connectivity index (χ1) is 8.27. The van der Waals surface area contributed by atoms with Crippen LogP contribution >= 0.6 is 11.8 Å². The second-order valence-corrected chi connectivity index (χ2v) is 5.10. The molecule has 0 saturated heterocycles. The standard InChI is InChI=1S/C14H24O2S/c1-2-3-4-5-6-7-8-9-10-11-12-17-13-14(15)16/h2-9,12-13H2,1H3,(H,15,16). The highest BCUT2D eigenvalue weighted by atomic mass is 32.2. The Kier molecular flexibility index (Phi) is 13.0. The summed E-state index contributed by atoms with van der Waals surface area (Å²) in [6.45, 7) is 2.23. The Hall–Kier alpha value is -0.620. The average Bonchev–Trinajstić information content (AvgIpc) is 2.30. The summed E-state index contributed by atoms with van der Waals surface area (Å²) in [5.41, 5.74) is 0. The lowest BCUT2D eigenvalue weighted by Crippen LogP contribution is -1.97. The van der Waals surface area contributed by atoms with Crippen molar-refractivity contribution in [2.75, 3.05) is 11.5 Å². The third kappa shape index (κ3) is 15.4. The Morgan fingerprint density at radius 2 is 1.71 bits per heavy atom. The van der Waals surface area contributed by atoms with Gasteiger partial charge in [-0.05, 0) is 6.42 Å². The summed E-state index contributed by atoms with van der Waals surface area (Å²) in [4.78, 5) is 10.2. The van der Waals surface area contributed by atoms with E-state index in [4.69, 9.17) is 5.11 Å². The first-order valence-electron chi connectivity index (χ1n) is 6.52. The second-order valence-electron chi connectivity index (χ2n) is 4.11. The van der Waals surface area contributed by atoms with Crippen molar-refractivity contribution in [3.05, 3.63) is 0 Å². The number of aliphatic carboxylic acids is 1. The van der Waals surface area contributed by atoms with E-state index in [-0.39, 0.29) is 5.75 Å². The Morgan fingerprint density at radius 1 is 1.06 bits per heavy atom. The largest absolute Gasteiger partial charge is 0.481 e. The molecule has 0 aromatic heterocycles. The van der Waals surface area contributed by atoms with Crippen molar-refractivity contribution in [1.29, 1.82) is 0 Å². The minimum absolute atomic E-state index is 0.159. The summed E-state index contributed by atoms with van der Waals surface area (Å²) in [5, 5.41) is 8.41. The molecular formula is C14H24O2S. The monoisotopic (exact) mass is 256 g/mol.